The molecule has 0 aliphatic carbocycles. The molecule has 0 atom stereocenters. The van der Waals surface area contributed by atoms with Crippen LogP contribution in [0, 0.1) is 0 Å². The number of carboxylic acids is 1. The minimum absolute atomic E-state index is 0.174. The predicted molar refractivity (Wildman–Crippen MR) is 99.4 cm³/mol. The lowest BCUT2D eigenvalue weighted by Gasteiger charge is -2.06. The molecule has 0 amide bonds. The van der Waals surface area contributed by atoms with Crippen molar-refractivity contribution >= 4 is 32.9 Å². The van der Waals surface area contributed by atoms with Crippen molar-refractivity contribution in [1.82, 2.24) is 15.2 Å². The molecule has 0 bridgehead atoms. The number of aromatic nitrogens is 3. The first-order valence-electron chi connectivity index (χ1n) is 7.57. The van der Waals surface area contributed by atoms with E-state index in [1.165, 1.54) is 0 Å². The summed E-state index contributed by atoms with van der Waals surface area (Å²) in [5.74, 6) is -1.01. The number of nitrogens with zero attached hydrogens (tertiary/aromatic N) is 2. The first-order chi connectivity index (χ1) is 12.1. The second-order valence-corrected chi connectivity index (χ2v) is 6.45. The van der Waals surface area contributed by atoms with Crippen LogP contribution in [0.4, 0.5) is 0 Å². The number of halogens is 1. The Labute approximate surface area is 151 Å². The number of aromatic amines is 1. The highest BCUT2D eigenvalue weighted by Gasteiger charge is 2.19. The number of benzene rings is 2. The third-order valence-electron chi connectivity index (χ3n) is 3.94. The first kappa shape index (κ1) is 15.5. The molecular weight excluding hydrogens is 382 g/mol. The van der Waals surface area contributed by atoms with E-state index >= 15 is 0 Å². The summed E-state index contributed by atoms with van der Waals surface area (Å²) in [4.78, 5) is 16.4. The smallest absolute Gasteiger partial charge is 0.336 e. The summed E-state index contributed by atoms with van der Waals surface area (Å²) >= 11 is 3.43. The normalized spacial score (nSPS) is 10.9. The van der Waals surface area contributed by atoms with E-state index in [4.69, 9.17) is 0 Å². The van der Waals surface area contributed by atoms with Gasteiger partial charge in [-0.2, -0.15) is 5.10 Å². The zero-order valence-corrected chi connectivity index (χ0v) is 14.5. The Morgan fingerprint density at radius 1 is 1.00 bits per heavy atom. The Bertz CT molecular complexity index is 1090. The van der Waals surface area contributed by atoms with Crippen molar-refractivity contribution in [2.75, 3.05) is 0 Å². The van der Waals surface area contributed by atoms with Crippen LogP contribution in [0.1, 0.15) is 10.4 Å². The van der Waals surface area contributed by atoms with Crippen LogP contribution in [0.3, 0.4) is 0 Å². The van der Waals surface area contributed by atoms with Gasteiger partial charge in [0.2, 0.25) is 0 Å². The summed E-state index contributed by atoms with van der Waals surface area (Å²) < 4.78 is 0.899. The van der Waals surface area contributed by atoms with Crippen molar-refractivity contribution in [3.8, 4) is 22.5 Å². The molecule has 4 aromatic rings. The maximum Gasteiger partial charge on any atom is 0.336 e. The van der Waals surface area contributed by atoms with E-state index in [1.807, 2.05) is 54.6 Å². The molecule has 0 unspecified atom stereocenters. The van der Waals surface area contributed by atoms with Gasteiger partial charge in [-0.25, -0.2) is 9.78 Å². The van der Waals surface area contributed by atoms with E-state index in [0.29, 0.717) is 22.4 Å². The van der Waals surface area contributed by atoms with Crippen molar-refractivity contribution < 1.29 is 9.90 Å². The SMILES string of the molecule is O=C(O)c1cc(-c2cccc(Br)c2)nc2n[nH]c(-c3ccccc3)c12. The van der Waals surface area contributed by atoms with Crippen molar-refractivity contribution in [1.29, 1.82) is 0 Å². The van der Waals surface area contributed by atoms with E-state index < -0.39 is 5.97 Å². The Balaban J connectivity index is 1.99. The molecule has 0 saturated carbocycles. The molecule has 0 aliphatic heterocycles. The average Bonchev–Trinajstić information content (AvgIpc) is 3.05. The summed E-state index contributed by atoms with van der Waals surface area (Å²) in [6, 6.07) is 18.7. The molecule has 0 radical (unpaired) electrons. The van der Waals surface area contributed by atoms with Crippen LogP contribution in [-0.4, -0.2) is 26.3 Å². The molecule has 6 heteroatoms. The van der Waals surface area contributed by atoms with Gasteiger partial charge in [0.15, 0.2) is 5.65 Å². The predicted octanol–water partition coefficient (Wildman–Crippen LogP) is 4.75. The van der Waals surface area contributed by atoms with Crippen LogP contribution in [0.5, 0.6) is 0 Å². The van der Waals surface area contributed by atoms with Crippen LogP contribution < -0.4 is 0 Å². The number of carbonyl (C=O) groups is 1. The van der Waals surface area contributed by atoms with E-state index in [0.717, 1.165) is 15.6 Å². The topological polar surface area (TPSA) is 78.9 Å². The lowest BCUT2D eigenvalue weighted by atomic mass is 10.0. The molecule has 5 nitrogen and oxygen atoms in total. The summed E-state index contributed by atoms with van der Waals surface area (Å²) in [5, 5.41) is 17.4. The Kier molecular flexibility index (Phi) is 3.82. The molecular formula is C19H12BrN3O2. The van der Waals surface area contributed by atoms with Crippen LogP contribution >= 0.6 is 15.9 Å². The van der Waals surface area contributed by atoms with E-state index in [9.17, 15) is 9.90 Å². The van der Waals surface area contributed by atoms with Crippen molar-refractivity contribution in [2.45, 2.75) is 0 Å². The first-order valence-corrected chi connectivity index (χ1v) is 8.36. The highest BCUT2D eigenvalue weighted by Crippen LogP contribution is 2.31. The number of hydrogen-bond donors (Lipinski definition) is 2. The van der Waals surface area contributed by atoms with Gasteiger partial charge in [-0.1, -0.05) is 58.4 Å². The third kappa shape index (κ3) is 2.81. The Hall–Kier alpha value is -2.99. The van der Waals surface area contributed by atoms with E-state index in [1.54, 1.807) is 6.07 Å². The molecule has 0 saturated heterocycles. The standard InChI is InChI=1S/C19H12BrN3O2/c20-13-8-4-7-12(9-13)15-10-14(19(24)25)16-17(22-23-18(16)21-15)11-5-2-1-3-6-11/h1-10H,(H,24,25)(H,21,22,23). The molecule has 2 heterocycles. The number of nitrogens with one attached hydrogen (secondary N) is 1. The van der Waals surface area contributed by atoms with Gasteiger partial charge >= 0.3 is 5.97 Å². The summed E-state index contributed by atoms with van der Waals surface area (Å²) in [6.07, 6.45) is 0. The number of H-pyrrole nitrogens is 1. The van der Waals surface area contributed by atoms with Gasteiger partial charge in [0.25, 0.3) is 0 Å². The lowest BCUT2D eigenvalue weighted by Crippen LogP contribution is -2.00. The number of rotatable bonds is 3. The quantitative estimate of drug-likeness (QED) is 0.526. The van der Waals surface area contributed by atoms with Crippen LogP contribution in [0.25, 0.3) is 33.5 Å². The van der Waals surface area contributed by atoms with Gasteiger partial charge in [0, 0.05) is 15.6 Å². The number of pyridine rings is 1. The number of aromatic carboxylic acids is 1. The van der Waals surface area contributed by atoms with Gasteiger partial charge in [-0.3, -0.25) is 5.10 Å². The van der Waals surface area contributed by atoms with E-state index in [2.05, 4.69) is 31.1 Å². The molecule has 0 aliphatic rings. The summed E-state index contributed by atoms with van der Waals surface area (Å²) in [5.41, 5.74) is 3.47. The molecule has 2 N–H and O–H groups in total. The number of hydrogen-bond acceptors (Lipinski definition) is 3. The fourth-order valence-corrected chi connectivity index (χ4v) is 3.20. The fourth-order valence-electron chi connectivity index (χ4n) is 2.80. The van der Waals surface area contributed by atoms with Crippen LogP contribution in [0.2, 0.25) is 0 Å². The average molecular weight is 394 g/mol. The Morgan fingerprint density at radius 2 is 1.76 bits per heavy atom. The summed E-state index contributed by atoms with van der Waals surface area (Å²) in [7, 11) is 0. The minimum Gasteiger partial charge on any atom is -0.478 e. The molecule has 4 rings (SSSR count). The van der Waals surface area contributed by atoms with Gasteiger partial charge < -0.3 is 5.11 Å². The summed E-state index contributed by atoms with van der Waals surface area (Å²) in [6.45, 7) is 0. The third-order valence-corrected chi connectivity index (χ3v) is 4.43. The molecule has 2 aromatic carbocycles. The number of fused-ring (bicyclic) bond motifs is 1. The highest BCUT2D eigenvalue weighted by atomic mass is 79.9. The molecule has 25 heavy (non-hydrogen) atoms. The van der Waals surface area contributed by atoms with Crippen molar-refractivity contribution in [3.05, 3.63) is 70.7 Å². The maximum absolute atomic E-state index is 11.9. The molecule has 0 fully saturated rings. The monoisotopic (exact) mass is 393 g/mol. The second kappa shape index (κ2) is 6.14. The van der Waals surface area contributed by atoms with E-state index in [-0.39, 0.29) is 5.56 Å². The van der Waals surface area contributed by atoms with Gasteiger partial charge in [0.1, 0.15) is 0 Å². The lowest BCUT2D eigenvalue weighted by molar-refractivity contribution is 0.0699. The second-order valence-electron chi connectivity index (χ2n) is 5.53. The Morgan fingerprint density at radius 3 is 2.48 bits per heavy atom. The molecule has 2 aromatic heterocycles. The largest absolute Gasteiger partial charge is 0.478 e. The van der Waals surface area contributed by atoms with Gasteiger partial charge in [0.05, 0.1) is 22.3 Å². The van der Waals surface area contributed by atoms with Crippen molar-refractivity contribution in [2.24, 2.45) is 0 Å². The zero-order valence-electron chi connectivity index (χ0n) is 12.9. The van der Waals surface area contributed by atoms with Crippen LogP contribution in [0.15, 0.2) is 65.1 Å². The van der Waals surface area contributed by atoms with Crippen molar-refractivity contribution in [3.63, 3.8) is 0 Å². The zero-order chi connectivity index (χ0) is 17.4. The highest BCUT2D eigenvalue weighted by molar-refractivity contribution is 9.10. The fraction of sp³-hybridized carbons (Fsp3) is 0. The minimum atomic E-state index is -1.01. The van der Waals surface area contributed by atoms with Crippen LogP contribution in [-0.2, 0) is 0 Å². The molecule has 0 spiro atoms. The maximum atomic E-state index is 11.9. The number of carboxylic acid groups (broad SMARTS) is 1. The van der Waals surface area contributed by atoms with Gasteiger partial charge in [-0.05, 0) is 18.2 Å². The van der Waals surface area contributed by atoms with Gasteiger partial charge in [-0.15, -0.1) is 0 Å². The molecule has 122 valence electrons.